The molecule has 136 valence electrons. The molecule has 0 aliphatic heterocycles. The highest BCUT2D eigenvalue weighted by Crippen LogP contribution is 2.28. The van der Waals surface area contributed by atoms with Gasteiger partial charge in [0.05, 0.1) is 17.0 Å². The molecule has 0 aliphatic rings. The van der Waals surface area contributed by atoms with Crippen LogP contribution in [0.15, 0.2) is 53.7 Å². The van der Waals surface area contributed by atoms with Crippen LogP contribution in [0.25, 0.3) is 16.6 Å². The van der Waals surface area contributed by atoms with Gasteiger partial charge in [0.15, 0.2) is 10.8 Å². The Kier molecular flexibility index (Phi) is 4.53. The number of aromatic nitrogens is 3. The van der Waals surface area contributed by atoms with Gasteiger partial charge in [-0.3, -0.25) is 9.20 Å². The second-order valence-corrected chi connectivity index (χ2v) is 7.23. The lowest BCUT2D eigenvalue weighted by Crippen LogP contribution is -2.15. The summed E-state index contributed by atoms with van der Waals surface area (Å²) < 4.78 is 15.7. The predicted molar refractivity (Wildman–Crippen MR) is 106 cm³/mol. The zero-order valence-corrected chi connectivity index (χ0v) is 15.7. The molecule has 1 amide bonds. The van der Waals surface area contributed by atoms with Crippen LogP contribution in [-0.4, -0.2) is 26.3 Å². The molecule has 0 saturated heterocycles. The first kappa shape index (κ1) is 17.5. The van der Waals surface area contributed by atoms with Crippen LogP contribution in [0.3, 0.4) is 0 Å². The van der Waals surface area contributed by atoms with Crippen LogP contribution in [0, 0.1) is 19.7 Å². The van der Waals surface area contributed by atoms with Crippen molar-refractivity contribution in [1.82, 2.24) is 14.6 Å². The summed E-state index contributed by atoms with van der Waals surface area (Å²) in [5.41, 5.74) is 4.19. The molecule has 5 nitrogen and oxygen atoms in total. The molecule has 1 N–H and O–H groups in total. The fourth-order valence-electron chi connectivity index (χ4n) is 3.10. The van der Waals surface area contributed by atoms with Gasteiger partial charge in [-0.1, -0.05) is 42.1 Å². The summed E-state index contributed by atoms with van der Waals surface area (Å²) in [6.45, 7) is 4.09. The first-order valence-corrected chi connectivity index (χ1v) is 9.44. The Hall–Kier alpha value is -2.93. The van der Waals surface area contributed by atoms with Gasteiger partial charge in [0.25, 0.3) is 0 Å². The Labute approximate surface area is 159 Å². The van der Waals surface area contributed by atoms with Gasteiger partial charge in [0.1, 0.15) is 5.82 Å². The number of carbonyl (C=O) groups is 1. The molecule has 0 fully saturated rings. The zero-order chi connectivity index (χ0) is 19.0. The molecule has 4 aromatic rings. The van der Waals surface area contributed by atoms with Gasteiger partial charge in [-0.15, -0.1) is 10.2 Å². The van der Waals surface area contributed by atoms with E-state index in [0.29, 0.717) is 5.16 Å². The molecular formula is C20H17FN4OS. The van der Waals surface area contributed by atoms with E-state index in [-0.39, 0.29) is 17.3 Å². The molecule has 0 bridgehead atoms. The number of aryl methyl sites for hydroxylation is 2. The van der Waals surface area contributed by atoms with Crippen LogP contribution in [0.4, 0.5) is 10.1 Å². The second kappa shape index (κ2) is 7.00. The third kappa shape index (κ3) is 3.26. The maximum absolute atomic E-state index is 13.7. The van der Waals surface area contributed by atoms with Crippen molar-refractivity contribution in [2.24, 2.45) is 0 Å². The van der Waals surface area contributed by atoms with E-state index < -0.39 is 5.82 Å². The molecule has 4 rings (SSSR count). The first-order chi connectivity index (χ1) is 13.0. The van der Waals surface area contributed by atoms with E-state index in [9.17, 15) is 9.18 Å². The zero-order valence-electron chi connectivity index (χ0n) is 14.9. The minimum Gasteiger partial charge on any atom is -0.323 e. The fourth-order valence-corrected chi connectivity index (χ4v) is 3.85. The van der Waals surface area contributed by atoms with E-state index in [2.05, 4.69) is 21.6 Å². The number of thioether (sulfide) groups is 1. The van der Waals surface area contributed by atoms with Gasteiger partial charge in [0, 0.05) is 5.39 Å². The van der Waals surface area contributed by atoms with E-state index >= 15 is 0 Å². The third-order valence-electron chi connectivity index (χ3n) is 4.37. The van der Waals surface area contributed by atoms with E-state index in [1.807, 2.05) is 36.4 Å². The second-order valence-electron chi connectivity index (χ2n) is 6.29. The van der Waals surface area contributed by atoms with Gasteiger partial charge in [-0.05, 0) is 43.2 Å². The molecule has 2 aromatic carbocycles. The number of anilines is 1. The van der Waals surface area contributed by atoms with E-state index in [1.165, 1.54) is 23.9 Å². The number of hydrogen-bond acceptors (Lipinski definition) is 4. The topological polar surface area (TPSA) is 59.3 Å². The maximum atomic E-state index is 13.7. The molecule has 2 heterocycles. The number of para-hydroxylation sites is 2. The van der Waals surface area contributed by atoms with Gasteiger partial charge in [-0.2, -0.15) is 0 Å². The van der Waals surface area contributed by atoms with Gasteiger partial charge < -0.3 is 5.32 Å². The minimum atomic E-state index is -0.458. The van der Waals surface area contributed by atoms with Gasteiger partial charge in [0.2, 0.25) is 5.91 Å². The molecule has 0 spiro atoms. The number of halogens is 1. The highest BCUT2D eigenvalue weighted by Gasteiger charge is 2.15. The van der Waals surface area contributed by atoms with Gasteiger partial charge >= 0.3 is 0 Å². The smallest absolute Gasteiger partial charge is 0.234 e. The number of hydrogen-bond donors (Lipinski definition) is 1. The summed E-state index contributed by atoms with van der Waals surface area (Å²) in [6.07, 6.45) is 0. The lowest BCUT2D eigenvalue weighted by Gasteiger charge is -2.10. The van der Waals surface area contributed by atoms with Crippen molar-refractivity contribution in [3.05, 3.63) is 65.5 Å². The number of pyridine rings is 1. The van der Waals surface area contributed by atoms with Crippen LogP contribution in [-0.2, 0) is 4.79 Å². The van der Waals surface area contributed by atoms with Crippen molar-refractivity contribution >= 4 is 39.9 Å². The van der Waals surface area contributed by atoms with Crippen molar-refractivity contribution in [3.8, 4) is 0 Å². The summed E-state index contributed by atoms with van der Waals surface area (Å²) in [7, 11) is 0. The summed E-state index contributed by atoms with van der Waals surface area (Å²) in [4.78, 5) is 12.2. The van der Waals surface area contributed by atoms with Crippen LogP contribution < -0.4 is 5.32 Å². The van der Waals surface area contributed by atoms with Crippen molar-refractivity contribution in [2.75, 3.05) is 11.1 Å². The standard InChI is InChI=1S/C20H17FN4OS/c1-12-6-5-7-14-13(2)10-17-23-24-20(25(17)19(12)14)27-11-18(26)22-16-9-4-3-8-15(16)21/h3-10H,11H2,1-2H3,(H,22,26). The van der Waals surface area contributed by atoms with Crippen LogP contribution in [0.1, 0.15) is 11.1 Å². The molecule has 0 saturated carbocycles. The van der Waals surface area contributed by atoms with Crippen LogP contribution >= 0.6 is 11.8 Å². The average Bonchev–Trinajstić information content (AvgIpc) is 3.05. The summed E-state index contributed by atoms with van der Waals surface area (Å²) in [5.74, 6) is -0.646. The maximum Gasteiger partial charge on any atom is 0.234 e. The summed E-state index contributed by atoms with van der Waals surface area (Å²) >= 11 is 1.27. The normalized spacial score (nSPS) is 11.2. The van der Waals surface area contributed by atoms with Crippen LogP contribution in [0.5, 0.6) is 0 Å². The Morgan fingerprint density at radius 2 is 1.93 bits per heavy atom. The predicted octanol–water partition coefficient (Wildman–Crippen LogP) is 4.37. The van der Waals surface area contributed by atoms with Crippen molar-refractivity contribution in [2.45, 2.75) is 19.0 Å². The molecule has 27 heavy (non-hydrogen) atoms. The van der Waals surface area contributed by atoms with E-state index in [4.69, 9.17) is 0 Å². The third-order valence-corrected chi connectivity index (χ3v) is 5.30. The Morgan fingerprint density at radius 1 is 1.11 bits per heavy atom. The lowest BCUT2D eigenvalue weighted by molar-refractivity contribution is -0.113. The first-order valence-electron chi connectivity index (χ1n) is 8.46. The number of benzene rings is 2. The number of rotatable bonds is 4. The van der Waals surface area contributed by atoms with Crippen LogP contribution in [0.2, 0.25) is 0 Å². The van der Waals surface area contributed by atoms with Crippen molar-refractivity contribution in [3.63, 3.8) is 0 Å². The highest BCUT2D eigenvalue weighted by molar-refractivity contribution is 7.99. The molecule has 7 heteroatoms. The highest BCUT2D eigenvalue weighted by atomic mass is 32.2. The number of carbonyl (C=O) groups excluding carboxylic acids is 1. The minimum absolute atomic E-state index is 0.108. The van der Waals surface area contributed by atoms with E-state index in [0.717, 1.165) is 27.7 Å². The molecule has 0 unspecified atom stereocenters. The largest absolute Gasteiger partial charge is 0.323 e. The lowest BCUT2D eigenvalue weighted by atomic mass is 10.1. The quantitative estimate of drug-likeness (QED) is 0.534. The van der Waals surface area contributed by atoms with Crippen molar-refractivity contribution in [1.29, 1.82) is 0 Å². The Balaban J connectivity index is 1.63. The summed E-state index contributed by atoms with van der Waals surface area (Å²) in [5, 5.41) is 12.8. The Morgan fingerprint density at radius 3 is 2.74 bits per heavy atom. The number of nitrogens with zero attached hydrogens (tertiary/aromatic N) is 3. The SMILES string of the molecule is Cc1cc2nnc(SCC(=O)Nc3ccccc3F)n2c2c(C)cccc12. The molecule has 0 atom stereocenters. The fraction of sp³-hybridized carbons (Fsp3) is 0.150. The molecular weight excluding hydrogens is 363 g/mol. The number of amides is 1. The molecule has 0 aliphatic carbocycles. The Bertz CT molecular complexity index is 1170. The number of nitrogens with one attached hydrogen (secondary N) is 1. The monoisotopic (exact) mass is 380 g/mol. The van der Waals surface area contributed by atoms with E-state index in [1.54, 1.807) is 12.1 Å². The van der Waals surface area contributed by atoms with Gasteiger partial charge in [-0.25, -0.2) is 4.39 Å². The average molecular weight is 380 g/mol. The molecule has 0 radical (unpaired) electrons. The van der Waals surface area contributed by atoms with Crippen molar-refractivity contribution < 1.29 is 9.18 Å². The summed E-state index contributed by atoms with van der Waals surface area (Å²) in [6, 6.07) is 14.2. The molecule has 2 aromatic heterocycles. The number of fused-ring (bicyclic) bond motifs is 3.